The van der Waals surface area contributed by atoms with E-state index in [4.69, 9.17) is 5.11 Å². The van der Waals surface area contributed by atoms with Gasteiger partial charge in [0.15, 0.2) is 0 Å². The smallest absolute Gasteiger partial charge is 0.227 e. The van der Waals surface area contributed by atoms with E-state index in [1.54, 1.807) is 0 Å². The van der Waals surface area contributed by atoms with Crippen LogP contribution in [0.1, 0.15) is 30.7 Å². The molecule has 1 aromatic rings. The van der Waals surface area contributed by atoms with Gasteiger partial charge in [0.05, 0.1) is 0 Å². The maximum atomic E-state index is 12.0. The zero-order chi connectivity index (χ0) is 11.8. The Morgan fingerprint density at radius 2 is 2.06 bits per heavy atom. The molecule has 3 nitrogen and oxygen atoms in total. The zero-order valence-corrected chi connectivity index (χ0v) is 9.80. The van der Waals surface area contributed by atoms with E-state index in [0.717, 1.165) is 5.69 Å². The zero-order valence-electron chi connectivity index (χ0n) is 9.80. The van der Waals surface area contributed by atoms with Gasteiger partial charge in [0.2, 0.25) is 5.91 Å². The lowest BCUT2D eigenvalue weighted by Crippen LogP contribution is -2.25. The highest BCUT2D eigenvalue weighted by molar-refractivity contribution is 5.96. The number of para-hydroxylation sites is 1. The van der Waals surface area contributed by atoms with Crippen molar-refractivity contribution in [3.8, 4) is 0 Å². The van der Waals surface area contributed by atoms with Crippen LogP contribution in [0.3, 0.4) is 0 Å². The summed E-state index contributed by atoms with van der Waals surface area (Å²) in [6.07, 6.45) is 2.96. The lowest BCUT2D eigenvalue weighted by Gasteiger charge is -2.20. The largest absolute Gasteiger partial charge is 0.396 e. The van der Waals surface area contributed by atoms with Gasteiger partial charge in [0.25, 0.3) is 0 Å². The van der Waals surface area contributed by atoms with Crippen LogP contribution in [0.5, 0.6) is 0 Å². The summed E-state index contributed by atoms with van der Waals surface area (Å²) in [6.45, 7) is 0.771. The first-order chi connectivity index (χ1) is 8.29. The SMILES string of the molecule is O=C1CC(CO)CN1c1ccccc1C1CC1. The van der Waals surface area contributed by atoms with Crippen LogP contribution in [0.15, 0.2) is 24.3 Å². The number of hydrogen-bond donors (Lipinski definition) is 1. The van der Waals surface area contributed by atoms with Gasteiger partial charge in [0, 0.05) is 31.2 Å². The molecule has 1 heterocycles. The molecule has 0 aromatic heterocycles. The van der Waals surface area contributed by atoms with Crippen LogP contribution in [0.25, 0.3) is 0 Å². The number of aliphatic hydroxyl groups excluding tert-OH is 1. The van der Waals surface area contributed by atoms with Crippen LogP contribution in [0, 0.1) is 5.92 Å². The number of carbonyl (C=O) groups excluding carboxylic acids is 1. The molecule has 0 spiro atoms. The molecule has 1 amide bonds. The van der Waals surface area contributed by atoms with Crippen molar-refractivity contribution in [3.05, 3.63) is 29.8 Å². The number of benzene rings is 1. The summed E-state index contributed by atoms with van der Waals surface area (Å²) in [5.74, 6) is 0.902. The average molecular weight is 231 g/mol. The second kappa shape index (κ2) is 4.15. The van der Waals surface area contributed by atoms with Gasteiger partial charge >= 0.3 is 0 Å². The van der Waals surface area contributed by atoms with Crippen LogP contribution < -0.4 is 4.90 Å². The fourth-order valence-electron chi connectivity index (χ4n) is 2.61. The van der Waals surface area contributed by atoms with Crippen LogP contribution >= 0.6 is 0 Å². The van der Waals surface area contributed by atoms with Crippen molar-refractivity contribution < 1.29 is 9.90 Å². The topological polar surface area (TPSA) is 40.5 Å². The number of aliphatic hydroxyl groups is 1. The number of carbonyl (C=O) groups is 1. The van der Waals surface area contributed by atoms with Gasteiger partial charge in [-0.05, 0) is 30.4 Å². The van der Waals surface area contributed by atoms with Crippen molar-refractivity contribution in [1.29, 1.82) is 0 Å². The Bertz CT molecular complexity index is 440. The molecule has 3 rings (SSSR count). The first-order valence-corrected chi connectivity index (χ1v) is 6.29. The van der Waals surface area contributed by atoms with Crippen molar-refractivity contribution >= 4 is 11.6 Å². The van der Waals surface area contributed by atoms with E-state index in [-0.39, 0.29) is 18.4 Å². The monoisotopic (exact) mass is 231 g/mol. The molecule has 1 unspecified atom stereocenters. The quantitative estimate of drug-likeness (QED) is 0.863. The van der Waals surface area contributed by atoms with Crippen LogP contribution in [0.2, 0.25) is 0 Å². The third-order valence-electron chi connectivity index (χ3n) is 3.71. The highest BCUT2D eigenvalue weighted by atomic mass is 16.3. The van der Waals surface area contributed by atoms with E-state index < -0.39 is 0 Å². The van der Waals surface area contributed by atoms with Crippen molar-refractivity contribution in [2.75, 3.05) is 18.1 Å². The molecule has 3 heteroatoms. The predicted octanol–water partition coefficient (Wildman–Crippen LogP) is 1.91. The third-order valence-corrected chi connectivity index (χ3v) is 3.71. The van der Waals surface area contributed by atoms with E-state index >= 15 is 0 Å². The molecule has 2 fully saturated rings. The Morgan fingerprint density at radius 1 is 1.29 bits per heavy atom. The van der Waals surface area contributed by atoms with E-state index in [1.165, 1.54) is 18.4 Å². The van der Waals surface area contributed by atoms with E-state index in [1.807, 2.05) is 23.1 Å². The molecule has 1 N–H and O–H groups in total. The van der Waals surface area contributed by atoms with E-state index in [9.17, 15) is 4.79 Å². The van der Waals surface area contributed by atoms with Gasteiger partial charge in [-0.2, -0.15) is 0 Å². The van der Waals surface area contributed by atoms with Crippen molar-refractivity contribution in [2.45, 2.75) is 25.2 Å². The molecular formula is C14H17NO2. The summed E-state index contributed by atoms with van der Waals surface area (Å²) in [6, 6.07) is 8.19. The first-order valence-electron chi connectivity index (χ1n) is 6.29. The summed E-state index contributed by atoms with van der Waals surface area (Å²) >= 11 is 0. The highest BCUT2D eigenvalue weighted by Gasteiger charge is 2.34. The van der Waals surface area contributed by atoms with Crippen LogP contribution in [0.4, 0.5) is 5.69 Å². The number of anilines is 1. The second-order valence-corrected chi connectivity index (χ2v) is 5.09. The standard InChI is InChI=1S/C14H17NO2/c16-9-10-7-14(17)15(8-10)13-4-2-1-3-12(13)11-5-6-11/h1-4,10-11,16H,5-9H2. The lowest BCUT2D eigenvalue weighted by atomic mass is 10.1. The lowest BCUT2D eigenvalue weighted by molar-refractivity contribution is -0.117. The number of hydrogen-bond acceptors (Lipinski definition) is 2. The fraction of sp³-hybridized carbons (Fsp3) is 0.500. The molecule has 2 aliphatic rings. The Morgan fingerprint density at radius 3 is 2.71 bits per heavy atom. The van der Waals surface area contributed by atoms with Gasteiger partial charge < -0.3 is 10.0 Å². The highest BCUT2D eigenvalue weighted by Crippen LogP contribution is 2.45. The molecule has 17 heavy (non-hydrogen) atoms. The molecule has 0 bridgehead atoms. The minimum Gasteiger partial charge on any atom is -0.396 e. The number of amides is 1. The Kier molecular flexibility index (Phi) is 2.63. The number of rotatable bonds is 3. The normalized spacial score (nSPS) is 24.4. The van der Waals surface area contributed by atoms with Crippen molar-refractivity contribution in [1.82, 2.24) is 0 Å². The molecule has 90 valence electrons. The molecule has 1 aliphatic carbocycles. The Hall–Kier alpha value is -1.35. The maximum absolute atomic E-state index is 12.0. The molecule has 1 saturated heterocycles. The van der Waals surface area contributed by atoms with Gasteiger partial charge in [-0.25, -0.2) is 0 Å². The summed E-state index contributed by atoms with van der Waals surface area (Å²) in [5, 5.41) is 9.16. The predicted molar refractivity (Wildman–Crippen MR) is 66.0 cm³/mol. The van der Waals surface area contributed by atoms with Crippen molar-refractivity contribution in [2.24, 2.45) is 5.92 Å². The maximum Gasteiger partial charge on any atom is 0.227 e. The van der Waals surface area contributed by atoms with E-state index in [0.29, 0.717) is 18.9 Å². The first kappa shape index (κ1) is 10.8. The Balaban J connectivity index is 1.91. The van der Waals surface area contributed by atoms with Gasteiger partial charge in [-0.3, -0.25) is 4.79 Å². The molecule has 1 saturated carbocycles. The summed E-state index contributed by atoms with van der Waals surface area (Å²) in [4.78, 5) is 13.8. The van der Waals surface area contributed by atoms with Gasteiger partial charge in [-0.1, -0.05) is 18.2 Å². The fourth-order valence-corrected chi connectivity index (χ4v) is 2.61. The van der Waals surface area contributed by atoms with Gasteiger partial charge in [0.1, 0.15) is 0 Å². The minimum atomic E-state index is 0.105. The minimum absolute atomic E-state index is 0.105. The van der Waals surface area contributed by atoms with Crippen LogP contribution in [-0.2, 0) is 4.79 Å². The second-order valence-electron chi connectivity index (χ2n) is 5.09. The number of nitrogens with zero attached hydrogens (tertiary/aromatic N) is 1. The third kappa shape index (κ3) is 1.95. The molecule has 1 atom stereocenters. The van der Waals surface area contributed by atoms with Gasteiger partial charge in [-0.15, -0.1) is 0 Å². The average Bonchev–Trinajstić information content (AvgIpc) is 3.13. The summed E-state index contributed by atoms with van der Waals surface area (Å²) < 4.78 is 0. The van der Waals surface area contributed by atoms with E-state index in [2.05, 4.69) is 6.07 Å². The van der Waals surface area contributed by atoms with Crippen molar-refractivity contribution in [3.63, 3.8) is 0 Å². The van der Waals surface area contributed by atoms with Crippen LogP contribution in [-0.4, -0.2) is 24.2 Å². The molecule has 0 radical (unpaired) electrons. The molecular weight excluding hydrogens is 214 g/mol. The Labute approximate surface area is 101 Å². The molecule has 1 aromatic carbocycles. The summed E-state index contributed by atoms with van der Waals surface area (Å²) in [5.41, 5.74) is 2.37. The molecule has 1 aliphatic heterocycles. The summed E-state index contributed by atoms with van der Waals surface area (Å²) in [7, 11) is 0.